The van der Waals surface area contributed by atoms with Crippen LogP contribution in [0.3, 0.4) is 0 Å². The second-order valence-corrected chi connectivity index (χ2v) is 6.32. The van der Waals surface area contributed by atoms with Crippen LogP contribution in [-0.2, 0) is 6.54 Å². The second kappa shape index (κ2) is 5.01. The van der Waals surface area contributed by atoms with Crippen molar-refractivity contribution >= 4 is 22.2 Å². The Labute approximate surface area is 141 Å². The first-order valence-corrected chi connectivity index (χ1v) is 8.06. The van der Waals surface area contributed by atoms with Crippen LogP contribution < -0.4 is 5.69 Å². The molecule has 1 aliphatic rings. The summed E-state index contributed by atoms with van der Waals surface area (Å²) in [6.07, 6.45) is 5.62. The second-order valence-electron chi connectivity index (χ2n) is 6.32. The third kappa shape index (κ3) is 2.21. The zero-order valence-electron chi connectivity index (χ0n) is 13.2. The highest BCUT2D eigenvalue weighted by atomic mass is 16.1. The van der Waals surface area contributed by atoms with E-state index < -0.39 is 0 Å². The smallest absolute Gasteiger partial charge is 0.290 e. The maximum Gasteiger partial charge on any atom is 0.327 e. The van der Waals surface area contributed by atoms with Gasteiger partial charge < -0.3 is 0 Å². The van der Waals surface area contributed by atoms with Gasteiger partial charge in [-0.3, -0.25) is 14.1 Å². The number of H-pyrrole nitrogens is 1. The maximum atomic E-state index is 12.2. The number of aromatic nitrogens is 6. The molecule has 8 heteroatoms. The number of imidazole rings is 2. The minimum atomic E-state index is -0.157. The molecule has 122 valence electrons. The molecule has 0 aliphatic heterocycles. The number of benzene rings is 1. The molecule has 8 nitrogen and oxygen atoms in total. The van der Waals surface area contributed by atoms with E-state index in [0.29, 0.717) is 35.1 Å². The Hall–Kier alpha value is -3.47. The zero-order valence-corrected chi connectivity index (χ0v) is 13.2. The van der Waals surface area contributed by atoms with E-state index in [0.717, 1.165) is 11.0 Å². The van der Waals surface area contributed by atoms with Gasteiger partial charge in [0.1, 0.15) is 11.8 Å². The summed E-state index contributed by atoms with van der Waals surface area (Å²) in [5.41, 5.74) is 3.10. The van der Waals surface area contributed by atoms with Crippen LogP contribution in [0.25, 0.3) is 28.1 Å². The first-order valence-electron chi connectivity index (χ1n) is 8.06. The summed E-state index contributed by atoms with van der Waals surface area (Å²) in [5.74, 6) is 0.989. The van der Waals surface area contributed by atoms with Gasteiger partial charge in [-0.1, -0.05) is 0 Å². The molecular weight excluding hydrogens is 318 g/mol. The van der Waals surface area contributed by atoms with E-state index >= 15 is 0 Å². The van der Waals surface area contributed by atoms with Crippen molar-refractivity contribution in [3.05, 3.63) is 46.8 Å². The van der Waals surface area contributed by atoms with Gasteiger partial charge in [0.25, 0.3) is 0 Å². The lowest BCUT2D eigenvalue weighted by Gasteiger charge is -2.04. The maximum absolute atomic E-state index is 12.2. The zero-order chi connectivity index (χ0) is 17.0. The van der Waals surface area contributed by atoms with Crippen LogP contribution in [0, 0.1) is 17.2 Å². The minimum Gasteiger partial charge on any atom is -0.290 e. The molecular formula is C17H13N7O. The molecule has 0 spiro atoms. The first kappa shape index (κ1) is 13.9. The van der Waals surface area contributed by atoms with Crippen molar-refractivity contribution in [1.29, 1.82) is 5.26 Å². The number of rotatable bonds is 3. The van der Waals surface area contributed by atoms with Crippen LogP contribution in [0.4, 0.5) is 0 Å². The molecule has 0 atom stereocenters. The van der Waals surface area contributed by atoms with Gasteiger partial charge in [0.05, 0.1) is 28.9 Å². The molecule has 3 heterocycles. The molecule has 1 N–H and O–H groups in total. The summed E-state index contributed by atoms with van der Waals surface area (Å²) in [7, 11) is 0. The fourth-order valence-electron chi connectivity index (χ4n) is 3.03. The Bertz CT molecular complexity index is 1220. The van der Waals surface area contributed by atoms with Crippen molar-refractivity contribution in [2.75, 3.05) is 0 Å². The van der Waals surface area contributed by atoms with Gasteiger partial charge in [0, 0.05) is 6.54 Å². The monoisotopic (exact) mass is 331 g/mol. The van der Waals surface area contributed by atoms with Crippen LogP contribution in [-0.4, -0.2) is 29.1 Å². The number of fused-ring (bicyclic) bond motifs is 2. The van der Waals surface area contributed by atoms with Crippen LogP contribution in [0.1, 0.15) is 18.4 Å². The minimum absolute atomic E-state index is 0.157. The Morgan fingerprint density at radius 2 is 2.16 bits per heavy atom. The summed E-state index contributed by atoms with van der Waals surface area (Å²) in [6.45, 7) is 0.709. The predicted octanol–water partition coefficient (Wildman–Crippen LogP) is 1.74. The first-order chi connectivity index (χ1) is 12.2. The van der Waals surface area contributed by atoms with E-state index in [1.54, 1.807) is 39.9 Å². The van der Waals surface area contributed by atoms with Gasteiger partial charge in [-0.05, 0) is 37.0 Å². The number of hydrogen-bond acceptors (Lipinski definition) is 5. The Morgan fingerprint density at radius 3 is 2.96 bits per heavy atom. The molecule has 0 radical (unpaired) electrons. The van der Waals surface area contributed by atoms with Gasteiger partial charge in [-0.2, -0.15) is 10.2 Å². The number of hydrogen-bond donors (Lipinski definition) is 1. The lowest BCUT2D eigenvalue weighted by atomic mass is 10.2. The van der Waals surface area contributed by atoms with Crippen LogP contribution >= 0.6 is 0 Å². The van der Waals surface area contributed by atoms with Gasteiger partial charge in [-0.25, -0.2) is 14.8 Å². The molecule has 1 aromatic carbocycles. The van der Waals surface area contributed by atoms with Crippen molar-refractivity contribution in [3.8, 4) is 12.0 Å². The van der Waals surface area contributed by atoms with Crippen LogP contribution in [0.5, 0.6) is 0 Å². The highest BCUT2D eigenvalue weighted by Crippen LogP contribution is 2.30. The molecule has 5 rings (SSSR count). The van der Waals surface area contributed by atoms with Crippen molar-refractivity contribution in [2.45, 2.75) is 19.4 Å². The Balaban J connectivity index is 1.66. The van der Waals surface area contributed by atoms with Crippen LogP contribution in [0.15, 0.2) is 35.5 Å². The molecule has 1 fully saturated rings. The molecule has 1 aliphatic carbocycles. The summed E-state index contributed by atoms with van der Waals surface area (Å²) in [5, 5.41) is 9.09. The fraction of sp³-hybridized carbons (Fsp3) is 0.235. The summed E-state index contributed by atoms with van der Waals surface area (Å²) in [6, 6.07) is 7.38. The van der Waals surface area contributed by atoms with Crippen molar-refractivity contribution in [1.82, 2.24) is 29.1 Å². The Morgan fingerprint density at radius 1 is 1.28 bits per heavy atom. The summed E-state index contributed by atoms with van der Waals surface area (Å²) in [4.78, 5) is 28.2. The largest absolute Gasteiger partial charge is 0.327 e. The van der Waals surface area contributed by atoms with Gasteiger partial charge in [0.15, 0.2) is 5.65 Å². The van der Waals surface area contributed by atoms with E-state index in [1.807, 2.05) is 0 Å². The Kier molecular flexibility index (Phi) is 2.79. The van der Waals surface area contributed by atoms with E-state index in [-0.39, 0.29) is 5.69 Å². The SMILES string of the molecule is N#Cc1ccc2ncn(-c3ncc4c(n3)[nH]c(=O)n4CC3CC3)c2c1. The quantitative estimate of drug-likeness (QED) is 0.615. The third-order valence-electron chi connectivity index (χ3n) is 4.55. The highest BCUT2D eigenvalue weighted by molar-refractivity contribution is 5.79. The van der Waals surface area contributed by atoms with E-state index in [4.69, 9.17) is 5.26 Å². The van der Waals surface area contributed by atoms with Crippen molar-refractivity contribution < 1.29 is 0 Å². The van der Waals surface area contributed by atoms with Crippen LogP contribution in [0.2, 0.25) is 0 Å². The lowest BCUT2D eigenvalue weighted by Crippen LogP contribution is -2.17. The molecule has 0 unspecified atom stereocenters. The molecule has 0 bridgehead atoms. The van der Waals surface area contributed by atoms with Gasteiger partial charge in [-0.15, -0.1) is 0 Å². The average Bonchev–Trinajstić information content (AvgIpc) is 3.27. The number of nitrogens with zero attached hydrogens (tertiary/aromatic N) is 6. The fourth-order valence-corrected chi connectivity index (χ4v) is 3.03. The predicted molar refractivity (Wildman–Crippen MR) is 90.2 cm³/mol. The van der Waals surface area contributed by atoms with Gasteiger partial charge in [0.2, 0.25) is 5.95 Å². The molecule has 1 saturated carbocycles. The van der Waals surface area contributed by atoms with Gasteiger partial charge >= 0.3 is 5.69 Å². The van der Waals surface area contributed by atoms with Crippen molar-refractivity contribution in [2.24, 2.45) is 5.92 Å². The number of aromatic amines is 1. The van der Waals surface area contributed by atoms with E-state index in [9.17, 15) is 4.79 Å². The molecule has 0 saturated heterocycles. The summed E-state index contributed by atoms with van der Waals surface area (Å²) >= 11 is 0. The molecule has 0 amide bonds. The van der Waals surface area contributed by atoms with E-state index in [1.165, 1.54) is 12.8 Å². The lowest BCUT2D eigenvalue weighted by molar-refractivity contribution is 0.624. The average molecular weight is 331 g/mol. The standard InChI is InChI=1S/C17H13N7O/c18-6-11-3-4-12-13(5-11)24(9-20-12)16-19-7-14-15(21-16)22-17(25)23(14)8-10-1-2-10/h3-5,7,9-10H,1-2,8H2,(H,19,21,22,25). The molecule has 3 aromatic heterocycles. The van der Waals surface area contributed by atoms with Crippen molar-refractivity contribution in [3.63, 3.8) is 0 Å². The molecule has 4 aromatic rings. The normalized spacial score (nSPS) is 14.2. The summed E-state index contributed by atoms with van der Waals surface area (Å²) < 4.78 is 3.42. The highest BCUT2D eigenvalue weighted by Gasteiger charge is 2.24. The third-order valence-corrected chi connectivity index (χ3v) is 4.55. The number of nitriles is 1. The number of nitrogens with one attached hydrogen (secondary N) is 1. The molecule has 25 heavy (non-hydrogen) atoms. The topological polar surface area (TPSA) is 105 Å². The van der Waals surface area contributed by atoms with E-state index in [2.05, 4.69) is 26.0 Å².